The maximum atomic E-state index is 12.2. The number of methoxy groups -OCH3 is 1. The van der Waals surface area contributed by atoms with Crippen molar-refractivity contribution in [3.63, 3.8) is 0 Å². The van der Waals surface area contributed by atoms with Gasteiger partial charge in [0, 0.05) is 5.56 Å². The van der Waals surface area contributed by atoms with Gasteiger partial charge < -0.3 is 15.4 Å². The number of hydrogen-bond acceptors (Lipinski definition) is 6. The lowest BCUT2D eigenvalue weighted by atomic mass is 10.1. The summed E-state index contributed by atoms with van der Waals surface area (Å²) in [6, 6.07) is 17.8. The summed E-state index contributed by atoms with van der Waals surface area (Å²) in [5.74, 6) is 0.675. The number of amides is 2. The minimum atomic E-state index is -0.254. The summed E-state index contributed by atoms with van der Waals surface area (Å²) >= 11 is 1.25. The fourth-order valence-corrected chi connectivity index (χ4v) is 3.04. The van der Waals surface area contributed by atoms with Crippen LogP contribution in [0.25, 0.3) is 0 Å². The molecule has 8 heteroatoms. The molecule has 0 unspecified atom stereocenters. The van der Waals surface area contributed by atoms with Gasteiger partial charge in [-0.15, -0.1) is 10.2 Å². The molecule has 1 aromatic heterocycles. The molecule has 0 aliphatic carbocycles. The summed E-state index contributed by atoms with van der Waals surface area (Å²) in [7, 11) is 1.55. The molecule has 0 saturated carbocycles. The second kappa shape index (κ2) is 9.70. The first-order valence-electron chi connectivity index (χ1n) is 8.82. The van der Waals surface area contributed by atoms with E-state index < -0.39 is 0 Å². The Balaban J connectivity index is 1.52. The van der Waals surface area contributed by atoms with Gasteiger partial charge in [-0.1, -0.05) is 41.6 Å². The molecule has 2 amide bonds. The van der Waals surface area contributed by atoms with Crippen LogP contribution in [0.4, 0.5) is 11.5 Å². The molecule has 0 bridgehead atoms. The van der Waals surface area contributed by atoms with Gasteiger partial charge in [0.05, 0.1) is 18.6 Å². The number of hydrogen-bond donors (Lipinski definition) is 2. The Labute approximate surface area is 172 Å². The molecule has 148 valence electrons. The van der Waals surface area contributed by atoms with E-state index in [1.165, 1.54) is 11.8 Å². The molecule has 1 heterocycles. The third-order valence-corrected chi connectivity index (χ3v) is 4.85. The van der Waals surface area contributed by atoms with Crippen molar-refractivity contribution in [1.82, 2.24) is 10.2 Å². The summed E-state index contributed by atoms with van der Waals surface area (Å²) in [6.07, 6.45) is 0. The quantitative estimate of drug-likeness (QED) is 0.578. The number of aryl methyl sites for hydroxylation is 1. The number of nitrogens with one attached hydrogen (secondary N) is 2. The lowest BCUT2D eigenvalue weighted by Crippen LogP contribution is -2.15. The molecule has 0 aliphatic heterocycles. The highest BCUT2D eigenvalue weighted by molar-refractivity contribution is 7.99. The van der Waals surface area contributed by atoms with Crippen LogP contribution in [-0.2, 0) is 4.79 Å². The fourth-order valence-electron chi connectivity index (χ4n) is 2.43. The van der Waals surface area contributed by atoms with Crippen LogP contribution in [0.1, 0.15) is 15.9 Å². The zero-order chi connectivity index (χ0) is 20.6. The van der Waals surface area contributed by atoms with Crippen molar-refractivity contribution in [2.24, 2.45) is 0 Å². The Morgan fingerprint density at radius 2 is 1.72 bits per heavy atom. The number of carbonyl (C=O) groups is 2. The molecule has 3 aromatic rings. The monoisotopic (exact) mass is 408 g/mol. The molecule has 0 radical (unpaired) electrons. The van der Waals surface area contributed by atoms with Gasteiger partial charge in [-0.2, -0.15) is 0 Å². The third-order valence-electron chi connectivity index (χ3n) is 3.93. The summed E-state index contributed by atoms with van der Waals surface area (Å²) in [4.78, 5) is 24.4. The van der Waals surface area contributed by atoms with Crippen LogP contribution >= 0.6 is 11.8 Å². The van der Waals surface area contributed by atoms with E-state index in [1.807, 2.05) is 31.2 Å². The van der Waals surface area contributed by atoms with Crippen LogP contribution in [0.5, 0.6) is 5.75 Å². The molecule has 3 rings (SSSR count). The number of nitrogens with zero attached hydrogens (tertiary/aromatic N) is 2. The van der Waals surface area contributed by atoms with Crippen molar-refractivity contribution in [2.45, 2.75) is 11.9 Å². The van der Waals surface area contributed by atoms with Crippen molar-refractivity contribution in [3.8, 4) is 5.75 Å². The van der Waals surface area contributed by atoms with Crippen molar-refractivity contribution >= 4 is 35.1 Å². The van der Waals surface area contributed by atoms with E-state index in [1.54, 1.807) is 43.5 Å². The normalized spacial score (nSPS) is 10.3. The largest absolute Gasteiger partial charge is 0.495 e. The molecule has 0 fully saturated rings. The Hall–Kier alpha value is -3.39. The first-order valence-corrected chi connectivity index (χ1v) is 9.81. The van der Waals surface area contributed by atoms with E-state index in [9.17, 15) is 9.59 Å². The van der Waals surface area contributed by atoms with Gasteiger partial charge in [0.15, 0.2) is 5.82 Å². The fraction of sp³-hybridized carbons (Fsp3) is 0.143. The first-order chi connectivity index (χ1) is 14.0. The van der Waals surface area contributed by atoms with Crippen LogP contribution in [0.2, 0.25) is 0 Å². The minimum Gasteiger partial charge on any atom is -0.495 e. The van der Waals surface area contributed by atoms with Crippen LogP contribution in [0.15, 0.2) is 65.7 Å². The number of benzene rings is 2. The van der Waals surface area contributed by atoms with E-state index in [2.05, 4.69) is 20.8 Å². The summed E-state index contributed by atoms with van der Waals surface area (Å²) < 4.78 is 5.21. The molecule has 0 saturated heterocycles. The molecular weight excluding hydrogens is 388 g/mol. The van der Waals surface area contributed by atoms with E-state index in [0.29, 0.717) is 27.8 Å². The van der Waals surface area contributed by atoms with Crippen LogP contribution in [0, 0.1) is 6.92 Å². The highest BCUT2D eigenvalue weighted by atomic mass is 32.2. The van der Waals surface area contributed by atoms with E-state index in [0.717, 1.165) is 5.56 Å². The molecule has 0 atom stereocenters. The van der Waals surface area contributed by atoms with Gasteiger partial charge in [0.1, 0.15) is 10.8 Å². The van der Waals surface area contributed by atoms with Gasteiger partial charge in [-0.25, -0.2) is 0 Å². The lowest BCUT2D eigenvalue weighted by molar-refractivity contribution is -0.113. The third kappa shape index (κ3) is 5.79. The molecule has 0 aliphatic rings. The van der Waals surface area contributed by atoms with Gasteiger partial charge in [-0.3, -0.25) is 9.59 Å². The SMILES string of the molecule is COc1ccccc1NC(=O)CSc1ccc(NC(=O)c2ccc(C)cc2)nn1. The van der Waals surface area contributed by atoms with Crippen LogP contribution < -0.4 is 15.4 Å². The average molecular weight is 408 g/mol. The number of thioether (sulfide) groups is 1. The Morgan fingerprint density at radius 3 is 2.41 bits per heavy atom. The molecule has 0 spiro atoms. The maximum Gasteiger partial charge on any atom is 0.256 e. The van der Waals surface area contributed by atoms with Crippen molar-refractivity contribution in [2.75, 3.05) is 23.5 Å². The molecule has 2 aromatic carbocycles. The van der Waals surface area contributed by atoms with E-state index >= 15 is 0 Å². The summed E-state index contributed by atoms with van der Waals surface area (Å²) in [5.41, 5.74) is 2.24. The highest BCUT2D eigenvalue weighted by Crippen LogP contribution is 2.24. The maximum absolute atomic E-state index is 12.2. The standard InChI is InChI=1S/C21H20N4O3S/c1-14-7-9-15(10-8-14)21(27)23-18-11-12-20(25-24-18)29-13-19(26)22-16-5-3-4-6-17(16)28-2/h3-12H,13H2,1-2H3,(H,22,26)(H,23,24,27). The number of rotatable bonds is 7. The van der Waals surface area contributed by atoms with Gasteiger partial charge in [-0.05, 0) is 43.3 Å². The average Bonchev–Trinajstić information content (AvgIpc) is 2.74. The predicted molar refractivity (Wildman–Crippen MR) is 114 cm³/mol. The number of aromatic nitrogens is 2. The smallest absolute Gasteiger partial charge is 0.256 e. The Morgan fingerprint density at radius 1 is 0.966 bits per heavy atom. The first kappa shape index (κ1) is 20.3. The molecule has 29 heavy (non-hydrogen) atoms. The predicted octanol–water partition coefficient (Wildman–Crippen LogP) is 3.78. The highest BCUT2D eigenvalue weighted by Gasteiger charge is 2.10. The number of carbonyl (C=O) groups excluding carboxylic acids is 2. The number of ether oxygens (including phenoxy) is 1. The summed E-state index contributed by atoms with van der Waals surface area (Å²) in [5, 5.41) is 14.1. The van der Waals surface area contributed by atoms with E-state index in [-0.39, 0.29) is 17.6 Å². The van der Waals surface area contributed by atoms with Crippen molar-refractivity contribution < 1.29 is 14.3 Å². The van der Waals surface area contributed by atoms with Crippen LogP contribution in [0.3, 0.4) is 0 Å². The van der Waals surface area contributed by atoms with E-state index in [4.69, 9.17) is 4.74 Å². The molecule has 2 N–H and O–H groups in total. The molecular formula is C21H20N4O3S. The number of para-hydroxylation sites is 2. The minimum absolute atomic E-state index is 0.168. The van der Waals surface area contributed by atoms with Gasteiger partial charge in [0.25, 0.3) is 5.91 Å². The Bertz CT molecular complexity index is 992. The van der Waals surface area contributed by atoms with Gasteiger partial charge >= 0.3 is 0 Å². The van der Waals surface area contributed by atoms with Crippen molar-refractivity contribution in [3.05, 3.63) is 71.8 Å². The second-order valence-electron chi connectivity index (χ2n) is 6.11. The molecule has 7 nitrogen and oxygen atoms in total. The topological polar surface area (TPSA) is 93.2 Å². The second-order valence-corrected chi connectivity index (χ2v) is 7.11. The summed E-state index contributed by atoms with van der Waals surface area (Å²) in [6.45, 7) is 1.96. The zero-order valence-electron chi connectivity index (χ0n) is 16.0. The number of anilines is 2. The van der Waals surface area contributed by atoms with Crippen LogP contribution in [-0.4, -0.2) is 34.9 Å². The van der Waals surface area contributed by atoms with Gasteiger partial charge in [0.2, 0.25) is 5.91 Å². The lowest BCUT2D eigenvalue weighted by Gasteiger charge is -2.09. The zero-order valence-corrected chi connectivity index (χ0v) is 16.8. The Kier molecular flexibility index (Phi) is 6.80. The van der Waals surface area contributed by atoms with Crippen molar-refractivity contribution in [1.29, 1.82) is 0 Å².